The summed E-state index contributed by atoms with van der Waals surface area (Å²) in [6.07, 6.45) is 7.30. The van der Waals surface area contributed by atoms with Crippen molar-refractivity contribution in [2.75, 3.05) is 7.05 Å². The van der Waals surface area contributed by atoms with Crippen molar-refractivity contribution >= 4 is 0 Å². The van der Waals surface area contributed by atoms with Crippen molar-refractivity contribution in [3.05, 3.63) is 17.3 Å². The van der Waals surface area contributed by atoms with Crippen molar-refractivity contribution in [2.24, 2.45) is 23.7 Å². The lowest BCUT2D eigenvalue weighted by molar-refractivity contribution is -0.00459. The van der Waals surface area contributed by atoms with Gasteiger partial charge >= 0.3 is 0 Å². The molecule has 1 aromatic heterocycles. The average Bonchev–Trinajstić information content (AvgIpc) is 2.69. The number of rotatable bonds is 3. The number of hydrogen-bond donors (Lipinski definition) is 1. The predicted molar refractivity (Wildman–Crippen MR) is 73.8 cm³/mol. The molecule has 5 rings (SSSR count). The van der Waals surface area contributed by atoms with Crippen molar-refractivity contribution in [1.82, 2.24) is 10.3 Å². The highest BCUT2D eigenvalue weighted by Gasteiger charge is 2.50. The Labute approximate surface area is 115 Å². The summed E-state index contributed by atoms with van der Waals surface area (Å²) in [5.41, 5.74) is 1.29. The van der Waals surface area contributed by atoms with Gasteiger partial charge in [-0.3, -0.25) is 0 Å². The summed E-state index contributed by atoms with van der Waals surface area (Å²) in [5.74, 6) is 6.45. The zero-order valence-corrected chi connectivity index (χ0v) is 12.0. The molecular formula is C16H24N2O. The van der Waals surface area contributed by atoms with Gasteiger partial charge in [0.05, 0.1) is 12.2 Å². The van der Waals surface area contributed by atoms with Crippen LogP contribution in [0.15, 0.2) is 4.42 Å². The van der Waals surface area contributed by atoms with E-state index in [0.29, 0.717) is 5.92 Å². The van der Waals surface area contributed by atoms with Crippen LogP contribution in [0.25, 0.3) is 0 Å². The highest BCUT2D eigenvalue weighted by atomic mass is 16.4. The molecule has 1 heterocycles. The molecule has 19 heavy (non-hydrogen) atoms. The van der Waals surface area contributed by atoms with E-state index in [1.165, 1.54) is 37.8 Å². The Bertz CT molecular complexity index is 451. The van der Waals surface area contributed by atoms with Crippen LogP contribution in [0, 0.1) is 30.6 Å². The van der Waals surface area contributed by atoms with Gasteiger partial charge in [-0.15, -0.1) is 0 Å². The molecule has 0 aromatic carbocycles. The maximum Gasteiger partial charge on any atom is 0.191 e. The summed E-state index contributed by atoms with van der Waals surface area (Å²) < 4.78 is 5.84. The predicted octanol–water partition coefficient (Wildman–Crippen LogP) is 3.24. The molecule has 0 atom stereocenters. The van der Waals surface area contributed by atoms with Crippen molar-refractivity contribution in [3.8, 4) is 0 Å². The van der Waals surface area contributed by atoms with E-state index in [9.17, 15) is 0 Å². The Morgan fingerprint density at radius 1 is 1.11 bits per heavy atom. The number of aromatic nitrogens is 1. The first-order valence-corrected chi connectivity index (χ1v) is 7.85. The highest BCUT2D eigenvalue weighted by molar-refractivity contribution is 5.21. The van der Waals surface area contributed by atoms with E-state index in [-0.39, 0.29) is 0 Å². The van der Waals surface area contributed by atoms with Gasteiger partial charge in [0, 0.05) is 12.8 Å². The van der Waals surface area contributed by atoms with Crippen LogP contribution in [0.5, 0.6) is 0 Å². The van der Waals surface area contributed by atoms with Gasteiger partial charge in [-0.2, -0.15) is 0 Å². The molecule has 0 aliphatic heterocycles. The number of aryl methyl sites for hydroxylation is 1. The van der Waals surface area contributed by atoms with Gasteiger partial charge in [-0.25, -0.2) is 4.98 Å². The summed E-state index contributed by atoms with van der Waals surface area (Å²) in [4.78, 5) is 4.77. The van der Waals surface area contributed by atoms with Crippen molar-refractivity contribution < 1.29 is 4.42 Å². The third kappa shape index (κ3) is 1.85. The molecule has 1 N–H and O–H groups in total. The van der Waals surface area contributed by atoms with Crippen molar-refractivity contribution in [1.29, 1.82) is 0 Å². The summed E-state index contributed by atoms with van der Waals surface area (Å²) in [6.45, 7) is 2.80. The molecule has 4 fully saturated rings. The number of nitrogens with one attached hydrogen (secondary N) is 1. The first-order chi connectivity index (χ1) is 9.24. The van der Waals surface area contributed by atoms with Gasteiger partial charge in [0.15, 0.2) is 5.89 Å². The van der Waals surface area contributed by atoms with Gasteiger partial charge in [-0.05, 0) is 62.8 Å². The van der Waals surface area contributed by atoms with Gasteiger partial charge in [0.25, 0.3) is 0 Å². The SMILES string of the molecule is CNCc1oc(C)nc1C1C2CC3CC(C2)CC1C3. The Morgan fingerprint density at radius 2 is 1.74 bits per heavy atom. The minimum Gasteiger partial charge on any atom is -0.444 e. The van der Waals surface area contributed by atoms with Gasteiger partial charge in [0.2, 0.25) is 0 Å². The van der Waals surface area contributed by atoms with Crippen LogP contribution >= 0.6 is 0 Å². The van der Waals surface area contributed by atoms with E-state index < -0.39 is 0 Å². The highest BCUT2D eigenvalue weighted by Crippen LogP contribution is 2.59. The molecule has 3 nitrogen and oxygen atoms in total. The topological polar surface area (TPSA) is 38.1 Å². The molecule has 0 amide bonds. The number of nitrogens with zero attached hydrogens (tertiary/aromatic N) is 1. The second-order valence-corrected chi connectivity index (χ2v) is 7.03. The summed E-state index contributed by atoms with van der Waals surface area (Å²) in [7, 11) is 1.98. The van der Waals surface area contributed by atoms with Crippen LogP contribution in [0.2, 0.25) is 0 Å². The second-order valence-electron chi connectivity index (χ2n) is 7.03. The normalized spacial score (nSPS) is 40.0. The Kier molecular flexibility index (Phi) is 2.73. The standard InChI is InChI=1S/C16H24N2O/c1-9-18-16(14(19-9)8-17-2)15-12-4-10-3-11(6-12)7-13(15)5-10/h10-13,15,17H,3-8H2,1-2H3. The summed E-state index contributed by atoms with van der Waals surface area (Å²) >= 11 is 0. The fourth-order valence-electron chi connectivity index (χ4n) is 5.40. The molecule has 4 aliphatic rings. The lowest BCUT2D eigenvalue weighted by Crippen LogP contribution is -2.44. The van der Waals surface area contributed by atoms with E-state index in [0.717, 1.165) is 41.9 Å². The summed E-state index contributed by atoms with van der Waals surface area (Å²) in [5, 5.41) is 3.23. The van der Waals surface area contributed by atoms with E-state index in [1.54, 1.807) is 0 Å². The molecule has 3 heteroatoms. The van der Waals surface area contributed by atoms with Gasteiger partial charge in [0.1, 0.15) is 5.76 Å². The average molecular weight is 260 g/mol. The minimum absolute atomic E-state index is 0.689. The fraction of sp³-hybridized carbons (Fsp3) is 0.812. The Balaban J connectivity index is 1.68. The van der Waals surface area contributed by atoms with Crippen LogP contribution in [0.4, 0.5) is 0 Å². The number of oxazole rings is 1. The molecule has 0 spiro atoms. The second kappa shape index (κ2) is 4.34. The number of hydrogen-bond acceptors (Lipinski definition) is 3. The smallest absolute Gasteiger partial charge is 0.191 e. The summed E-state index contributed by atoms with van der Waals surface area (Å²) in [6, 6.07) is 0. The molecule has 1 aromatic rings. The Hall–Kier alpha value is -0.830. The monoisotopic (exact) mass is 260 g/mol. The molecule has 4 bridgehead atoms. The largest absolute Gasteiger partial charge is 0.444 e. The van der Waals surface area contributed by atoms with Gasteiger partial charge in [-0.1, -0.05) is 0 Å². The zero-order valence-electron chi connectivity index (χ0n) is 12.0. The molecule has 4 saturated carbocycles. The lowest BCUT2D eigenvalue weighted by atomic mass is 9.51. The lowest BCUT2D eigenvalue weighted by Gasteiger charge is -2.54. The van der Waals surface area contributed by atoms with Crippen LogP contribution in [-0.4, -0.2) is 12.0 Å². The third-order valence-electron chi connectivity index (χ3n) is 5.71. The van der Waals surface area contributed by atoms with Crippen LogP contribution in [-0.2, 0) is 6.54 Å². The maximum absolute atomic E-state index is 5.84. The van der Waals surface area contributed by atoms with Gasteiger partial charge < -0.3 is 9.73 Å². The van der Waals surface area contributed by atoms with E-state index in [4.69, 9.17) is 9.40 Å². The minimum atomic E-state index is 0.689. The van der Waals surface area contributed by atoms with E-state index >= 15 is 0 Å². The van der Waals surface area contributed by atoms with Crippen molar-refractivity contribution in [2.45, 2.75) is 51.5 Å². The molecule has 0 saturated heterocycles. The third-order valence-corrected chi connectivity index (χ3v) is 5.71. The first-order valence-electron chi connectivity index (χ1n) is 7.85. The van der Waals surface area contributed by atoms with E-state index in [2.05, 4.69) is 5.32 Å². The van der Waals surface area contributed by atoms with E-state index in [1.807, 2.05) is 14.0 Å². The quantitative estimate of drug-likeness (QED) is 0.906. The van der Waals surface area contributed by atoms with Crippen LogP contribution < -0.4 is 5.32 Å². The molecule has 0 radical (unpaired) electrons. The fourth-order valence-corrected chi connectivity index (χ4v) is 5.40. The molecule has 104 valence electrons. The molecule has 0 unspecified atom stereocenters. The zero-order chi connectivity index (χ0) is 13.0. The maximum atomic E-state index is 5.84. The molecule has 4 aliphatic carbocycles. The Morgan fingerprint density at radius 3 is 2.32 bits per heavy atom. The van der Waals surface area contributed by atoms with Crippen LogP contribution in [0.1, 0.15) is 55.4 Å². The van der Waals surface area contributed by atoms with Crippen molar-refractivity contribution in [3.63, 3.8) is 0 Å². The molecular weight excluding hydrogens is 236 g/mol. The first kappa shape index (κ1) is 12.0. The van der Waals surface area contributed by atoms with Crippen LogP contribution in [0.3, 0.4) is 0 Å².